The molecule has 12 nitrogen and oxygen atoms in total. The van der Waals surface area contributed by atoms with E-state index in [1.807, 2.05) is 0 Å². The van der Waals surface area contributed by atoms with Gasteiger partial charge in [0.1, 0.15) is 18.1 Å². The van der Waals surface area contributed by atoms with Crippen LogP contribution in [0.25, 0.3) is 0 Å². The molecule has 12 heteroatoms. The molecular weight excluding hydrogens is 444 g/mol. The molecule has 8 N–H and O–H groups in total. The first-order valence-corrected chi connectivity index (χ1v) is 11.8. The van der Waals surface area contributed by atoms with Gasteiger partial charge in [0.15, 0.2) is 0 Å². The number of nitrogens with one attached hydrogen (secondary N) is 2. The molecule has 0 saturated heterocycles. The van der Waals surface area contributed by atoms with Crippen molar-refractivity contribution in [3.05, 3.63) is 0 Å². The van der Waals surface area contributed by atoms with Gasteiger partial charge in [0.25, 0.3) is 5.91 Å². The molecule has 0 radical (unpaired) electrons. The van der Waals surface area contributed by atoms with Crippen molar-refractivity contribution in [3.63, 3.8) is 0 Å². The third kappa shape index (κ3) is 12.4. The Balaban J connectivity index is 0.000000340. The Hall–Kier alpha value is -2.86. The largest absolute Gasteiger partial charge is 0.480 e. The second-order valence-corrected chi connectivity index (χ2v) is 8.28. The monoisotopic (exact) mass is 482 g/mol. The number of carbonyl (C=O) groups excluding carboxylic acids is 2. The minimum absolute atomic E-state index is 0.0405. The lowest BCUT2D eigenvalue weighted by Crippen LogP contribution is -2.33. The number of carbonyl (C=O) groups is 4. The maximum atomic E-state index is 11.5. The Morgan fingerprint density at radius 3 is 2.03 bits per heavy atom. The summed E-state index contributed by atoms with van der Waals surface area (Å²) in [4.78, 5) is 52.0. The Morgan fingerprint density at radius 1 is 0.971 bits per heavy atom. The standard InChI is InChI=1S/2C11H19N3O3/c2*12-8(11(16)17)4-1-2-6-14-10(15)9-5-3-7-13-9/h8H,1-7,12H2,(H,14,15)(H,16,17);7-9H,1-6,12H2,(H,14,15)(H,16,17). The fraction of sp³-hybridized carbons (Fsp3) is 0.727. The van der Waals surface area contributed by atoms with Crippen LogP contribution < -0.4 is 22.1 Å². The summed E-state index contributed by atoms with van der Waals surface area (Å²) in [5.74, 6) is -2.09. The van der Waals surface area contributed by atoms with Crippen LogP contribution in [0.2, 0.25) is 0 Å². The van der Waals surface area contributed by atoms with Gasteiger partial charge >= 0.3 is 11.9 Å². The van der Waals surface area contributed by atoms with Crippen molar-refractivity contribution in [2.45, 2.75) is 82.3 Å². The van der Waals surface area contributed by atoms with E-state index >= 15 is 0 Å². The number of amides is 2. The maximum absolute atomic E-state index is 11.5. The fourth-order valence-electron chi connectivity index (χ4n) is 3.29. The molecule has 0 spiro atoms. The summed E-state index contributed by atoms with van der Waals surface area (Å²) in [5.41, 5.74) is 11.3. The zero-order valence-electron chi connectivity index (χ0n) is 19.6. The number of rotatable bonds is 14. The van der Waals surface area contributed by atoms with Crippen LogP contribution in [0.5, 0.6) is 0 Å². The number of hydrogen-bond donors (Lipinski definition) is 6. The summed E-state index contributed by atoms with van der Waals surface area (Å²) in [6.45, 7) is 1.84. The van der Waals surface area contributed by atoms with Crippen LogP contribution >= 0.6 is 0 Å². The van der Waals surface area contributed by atoms with Crippen molar-refractivity contribution >= 4 is 35.7 Å². The Kier molecular flexibility index (Phi) is 14.3. The molecule has 34 heavy (non-hydrogen) atoms. The molecule has 0 aliphatic carbocycles. The van der Waals surface area contributed by atoms with E-state index in [0.717, 1.165) is 45.1 Å². The van der Waals surface area contributed by atoms with E-state index in [1.165, 1.54) is 0 Å². The minimum atomic E-state index is -0.977. The summed E-state index contributed by atoms with van der Waals surface area (Å²) in [7, 11) is 0. The molecule has 192 valence electrons. The SMILES string of the molecule is NC(CCCCNC(=O)C1=NCCC1)C(=O)O.NC(CCCCNC(=O)C1CCC=N1)C(=O)O. The summed E-state index contributed by atoms with van der Waals surface area (Å²) in [5, 5.41) is 22.7. The van der Waals surface area contributed by atoms with Crippen LogP contribution in [-0.4, -0.2) is 83.7 Å². The second kappa shape index (κ2) is 16.7. The van der Waals surface area contributed by atoms with E-state index in [2.05, 4.69) is 20.6 Å². The van der Waals surface area contributed by atoms with Crippen molar-refractivity contribution in [1.29, 1.82) is 0 Å². The first kappa shape index (κ1) is 29.2. The lowest BCUT2D eigenvalue weighted by atomic mass is 10.1. The van der Waals surface area contributed by atoms with Crippen LogP contribution in [-0.2, 0) is 19.2 Å². The predicted octanol–water partition coefficient (Wildman–Crippen LogP) is -0.162. The summed E-state index contributed by atoms with van der Waals surface area (Å²) in [6, 6.07) is -1.83. The number of hydrogen-bond acceptors (Lipinski definition) is 8. The van der Waals surface area contributed by atoms with Crippen LogP contribution in [0.3, 0.4) is 0 Å². The van der Waals surface area contributed by atoms with Crippen LogP contribution in [0.1, 0.15) is 64.2 Å². The number of aliphatic imine (C=N–C) groups is 2. The van der Waals surface area contributed by atoms with Gasteiger partial charge in [-0.1, -0.05) is 0 Å². The van der Waals surface area contributed by atoms with Crippen molar-refractivity contribution < 1.29 is 29.4 Å². The number of carboxylic acid groups (broad SMARTS) is 2. The third-order valence-electron chi connectivity index (χ3n) is 5.40. The van der Waals surface area contributed by atoms with Crippen LogP contribution in [0, 0.1) is 0 Å². The average molecular weight is 483 g/mol. The first-order valence-electron chi connectivity index (χ1n) is 11.8. The van der Waals surface area contributed by atoms with E-state index < -0.39 is 24.0 Å². The Bertz CT molecular complexity index is 741. The quantitative estimate of drug-likeness (QED) is 0.183. The van der Waals surface area contributed by atoms with Gasteiger partial charge in [-0.25, -0.2) is 0 Å². The highest BCUT2D eigenvalue weighted by Crippen LogP contribution is 2.08. The van der Waals surface area contributed by atoms with Crippen LogP contribution in [0.15, 0.2) is 9.98 Å². The third-order valence-corrected chi connectivity index (χ3v) is 5.40. The molecule has 0 fully saturated rings. The van der Waals surface area contributed by atoms with E-state index in [-0.39, 0.29) is 17.9 Å². The highest BCUT2D eigenvalue weighted by Gasteiger charge is 2.19. The zero-order valence-corrected chi connectivity index (χ0v) is 19.6. The molecule has 0 bridgehead atoms. The summed E-state index contributed by atoms with van der Waals surface area (Å²) < 4.78 is 0. The predicted molar refractivity (Wildman–Crippen MR) is 128 cm³/mol. The molecule has 2 rings (SSSR count). The maximum Gasteiger partial charge on any atom is 0.320 e. The molecule has 2 heterocycles. The molecule has 0 aromatic carbocycles. The second-order valence-electron chi connectivity index (χ2n) is 8.28. The van der Waals surface area contributed by atoms with E-state index in [9.17, 15) is 19.2 Å². The lowest BCUT2D eigenvalue weighted by molar-refractivity contribution is -0.139. The number of nitrogens with zero attached hydrogens (tertiary/aromatic N) is 2. The zero-order chi connectivity index (χ0) is 25.3. The number of nitrogens with two attached hydrogens (primary N) is 2. The van der Waals surface area contributed by atoms with E-state index in [1.54, 1.807) is 6.21 Å². The Labute approximate surface area is 199 Å². The normalized spacial score (nSPS) is 18.3. The highest BCUT2D eigenvalue weighted by atomic mass is 16.4. The van der Waals surface area contributed by atoms with Gasteiger partial charge in [0.05, 0.1) is 5.71 Å². The van der Waals surface area contributed by atoms with E-state index in [0.29, 0.717) is 44.5 Å². The van der Waals surface area contributed by atoms with E-state index in [4.69, 9.17) is 21.7 Å². The van der Waals surface area contributed by atoms with Gasteiger partial charge in [0, 0.05) is 19.6 Å². The number of aliphatic carboxylic acids is 2. The smallest absolute Gasteiger partial charge is 0.320 e. The topological polar surface area (TPSA) is 210 Å². The number of carboxylic acids is 2. The summed E-state index contributed by atoms with van der Waals surface area (Å²) >= 11 is 0. The molecular formula is C22H38N6O6. The van der Waals surface area contributed by atoms with Gasteiger partial charge in [-0.2, -0.15) is 0 Å². The molecule has 2 amide bonds. The molecule has 2 aliphatic rings. The summed E-state index contributed by atoms with van der Waals surface area (Å²) in [6.07, 6.45) is 8.88. The number of unbranched alkanes of at least 4 members (excludes halogenated alkanes) is 2. The molecule has 2 aliphatic heterocycles. The fourth-order valence-corrected chi connectivity index (χ4v) is 3.29. The minimum Gasteiger partial charge on any atom is -0.480 e. The van der Waals surface area contributed by atoms with Crippen molar-refractivity contribution in [1.82, 2.24) is 10.6 Å². The van der Waals surface area contributed by atoms with Gasteiger partial charge < -0.3 is 32.3 Å². The Morgan fingerprint density at radius 2 is 1.56 bits per heavy atom. The highest BCUT2D eigenvalue weighted by molar-refractivity contribution is 6.39. The molecule has 0 aromatic heterocycles. The average Bonchev–Trinajstić information content (AvgIpc) is 3.53. The molecule has 3 atom stereocenters. The van der Waals surface area contributed by atoms with Gasteiger partial charge in [0.2, 0.25) is 5.91 Å². The lowest BCUT2D eigenvalue weighted by Gasteiger charge is -2.09. The first-order chi connectivity index (χ1) is 16.2. The van der Waals surface area contributed by atoms with Gasteiger partial charge in [-0.15, -0.1) is 0 Å². The van der Waals surface area contributed by atoms with Crippen molar-refractivity contribution in [3.8, 4) is 0 Å². The van der Waals surface area contributed by atoms with Crippen molar-refractivity contribution in [2.24, 2.45) is 21.5 Å². The van der Waals surface area contributed by atoms with Gasteiger partial charge in [-0.05, 0) is 70.4 Å². The van der Waals surface area contributed by atoms with Crippen LogP contribution in [0.4, 0.5) is 0 Å². The van der Waals surface area contributed by atoms with Gasteiger partial charge in [-0.3, -0.25) is 29.2 Å². The molecule has 0 saturated carbocycles. The molecule has 3 unspecified atom stereocenters. The molecule has 0 aromatic rings. The van der Waals surface area contributed by atoms with Crippen molar-refractivity contribution in [2.75, 3.05) is 19.6 Å².